The molecule has 8 rings (SSSR count). The first-order chi connectivity index (χ1) is 30.3. The van der Waals surface area contributed by atoms with Crippen LogP contribution in [0.15, 0.2) is 73.2 Å². The molecule has 0 saturated carbocycles. The van der Waals surface area contributed by atoms with Crippen LogP contribution in [0.2, 0.25) is 0 Å². The maximum atomic E-state index is 15.6. The molecule has 63 heavy (non-hydrogen) atoms. The maximum absolute atomic E-state index is 15.6. The SMILES string of the molecule is CCN(C)S(=O)(=O)Nc1ccc(F)c(C(=O)c2c[nH]c3ncc(-c4ccc(N5CCN(C(=O)CN6CCC(c7ccc(O[C@@H]8CCC(=O)NC8=O)cc7)CC6)CC5)nc4)cc23)c1F. The Balaban J connectivity index is 0.834. The smallest absolute Gasteiger partial charge is 0.301 e. The minimum absolute atomic E-state index is 0.0486. The molecule has 3 aliphatic rings. The van der Waals surface area contributed by atoms with Crippen molar-refractivity contribution in [3.63, 3.8) is 0 Å². The number of benzene rings is 2. The Morgan fingerprint density at radius 3 is 2.33 bits per heavy atom. The normalized spacial score (nSPS) is 17.9. The van der Waals surface area contributed by atoms with Gasteiger partial charge in [0.1, 0.15) is 23.0 Å². The predicted octanol–water partition coefficient (Wildman–Crippen LogP) is 4.45. The summed E-state index contributed by atoms with van der Waals surface area (Å²) in [4.78, 5) is 68.7. The number of piperidine rings is 2. The van der Waals surface area contributed by atoms with E-state index in [1.165, 1.54) is 18.8 Å². The Hall–Kier alpha value is -6.31. The van der Waals surface area contributed by atoms with E-state index in [1.54, 1.807) is 25.4 Å². The second-order valence-electron chi connectivity index (χ2n) is 15.9. The summed E-state index contributed by atoms with van der Waals surface area (Å²) in [5.74, 6) is -2.38. The number of aromatic nitrogens is 3. The van der Waals surface area contributed by atoms with Crippen LogP contribution in [0.25, 0.3) is 22.2 Å². The van der Waals surface area contributed by atoms with Gasteiger partial charge in [0.2, 0.25) is 17.6 Å². The van der Waals surface area contributed by atoms with E-state index in [9.17, 15) is 27.6 Å². The number of rotatable bonds is 13. The number of ketones is 1. The van der Waals surface area contributed by atoms with Crippen molar-refractivity contribution in [3.05, 3.63) is 102 Å². The summed E-state index contributed by atoms with van der Waals surface area (Å²) >= 11 is 0. The van der Waals surface area contributed by atoms with Gasteiger partial charge in [-0.1, -0.05) is 19.1 Å². The van der Waals surface area contributed by atoms with Crippen molar-refractivity contribution in [2.24, 2.45) is 0 Å². The first-order valence-electron chi connectivity index (χ1n) is 20.8. The van der Waals surface area contributed by atoms with Crippen molar-refractivity contribution >= 4 is 56.3 Å². The first-order valence-corrected chi connectivity index (χ1v) is 22.3. The predicted molar refractivity (Wildman–Crippen MR) is 230 cm³/mol. The highest BCUT2D eigenvalue weighted by Gasteiger charge is 2.30. The number of piperazine rings is 1. The lowest BCUT2D eigenvalue weighted by Gasteiger charge is -2.37. The zero-order valence-electron chi connectivity index (χ0n) is 34.8. The molecule has 5 aromatic rings. The Morgan fingerprint density at radius 1 is 0.921 bits per heavy atom. The number of amides is 3. The summed E-state index contributed by atoms with van der Waals surface area (Å²) in [6.45, 7) is 6.00. The number of hydrogen-bond acceptors (Lipinski definition) is 11. The molecule has 330 valence electrons. The lowest BCUT2D eigenvalue weighted by atomic mass is 9.89. The minimum Gasteiger partial charge on any atom is -0.481 e. The molecule has 3 amide bonds. The van der Waals surface area contributed by atoms with Crippen LogP contribution in [0.4, 0.5) is 20.3 Å². The summed E-state index contributed by atoms with van der Waals surface area (Å²) < 4.78 is 64.6. The van der Waals surface area contributed by atoms with Crippen LogP contribution in [-0.2, 0) is 24.6 Å². The minimum atomic E-state index is -4.15. The number of nitrogens with one attached hydrogen (secondary N) is 3. The molecule has 3 N–H and O–H groups in total. The highest BCUT2D eigenvalue weighted by atomic mass is 32.2. The van der Waals surface area contributed by atoms with Gasteiger partial charge >= 0.3 is 10.2 Å². The van der Waals surface area contributed by atoms with Gasteiger partial charge in [0.15, 0.2) is 11.9 Å². The van der Waals surface area contributed by atoms with Crippen LogP contribution < -0.4 is 19.7 Å². The highest BCUT2D eigenvalue weighted by Crippen LogP contribution is 2.32. The van der Waals surface area contributed by atoms with Crippen LogP contribution in [0.3, 0.4) is 0 Å². The van der Waals surface area contributed by atoms with Crippen molar-refractivity contribution < 1.29 is 41.1 Å². The van der Waals surface area contributed by atoms with Crippen molar-refractivity contribution in [2.45, 2.75) is 44.6 Å². The summed E-state index contributed by atoms with van der Waals surface area (Å²) in [5, 5.41) is 2.62. The number of fused-ring (bicyclic) bond motifs is 1. The summed E-state index contributed by atoms with van der Waals surface area (Å²) in [7, 11) is -2.85. The number of carbonyl (C=O) groups excluding carboxylic acids is 4. The molecule has 6 heterocycles. The molecular weight excluding hydrogens is 837 g/mol. The number of halogens is 2. The molecule has 0 aliphatic carbocycles. The average Bonchev–Trinajstić information content (AvgIpc) is 3.72. The number of nitrogens with zero attached hydrogens (tertiary/aromatic N) is 6. The Labute approximate surface area is 362 Å². The number of pyridine rings is 2. The Bertz CT molecular complexity index is 2650. The summed E-state index contributed by atoms with van der Waals surface area (Å²) in [6, 6.07) is 15.0. The fourth-order valence-corrected chi connectivity index (χ4v) is 9.05. The van der Waals surface area contributed by atoms with Gasteiger partial charge in [0.05, 0.1) is 17.8 Å². The van der Waals surface area contributed by atoms with Crippen LogP contribution in [0.1, 0.15) is 60.0 Å². The molecule has 3 aromatic heterocycles. The molecule has 19 heteroatoms. The Kier molecular flexibility index (Phi) is 12.5. The molecule has 16 nitrogen and oxygen atoms in total. The van der Waals surface area contributed by atoms with E-state index in [0.717, 1.165) is 48.2 Å². The molecule has 0 spiro atoms. The number of carbonyl (C=O) groups is 4. The number of imide groups is 1. The van der Waals surface area contributed by atoms with Gasteiger partial charge in [-0.3, -0.25) is 34.1 Å². The van der Waals surface area contributed by atoms with E-state index in [-0.39, 0.29) is 30.3 Å². The zero-order valence-corrected chi connectivity index (χ0v) is 35.6. The molecule has 3 fully saturated rings. The second kappa shape index (κ2) is 18.2. The molecule has 3 aliphatic heterocycles. The van der Waals surface area contributed by atoms with Crippen molar-refractivity contribution in [2.75, 3.05) is 69.0 Å². The van der Waals surface area contributed by atoms with E-state index in [1.807, 2.05) is 41.3 Å². The number of hydrogen-bond donors (Lipinski definition) is 3. The van der Waals surface area contributed by atoms with Crippen molar-refractivity contribution in [1.82, 2.24) is 34.4 Å². The van der Waals surface area contributed by atoms with E-state index >= 15 is 8.78 Å². The molecule has 0 radical (unpaired) electrons. The third-order valence-electron chi connectivity index (χ3n) is 12.0. The highest BCUT2D eigenvalue weighted by molar-refractivity contribution is 7.90. The van der Waals surface area contributed by atoms with E-state index < -0.39 is 50.9 Å². The van der Waals surface area contributed by atoms with E-state index in [2.05, 4.69) is 34.8 Å². The fraction of sp³-hybridized carbons (Fsp3) is 0.364. The Morgan fingerprint density at radius 2 is 1.65 bits per heavy atom. The summed E-state index contributed by atoms with van der Waals surface area (Å²) in [6.07, 6.45) is 6.38. The van der Waals surface area contributed by atoms with Gasteiger partial charge in [-0.2, -0.15) is 12.7 Å². The van der Waals surface area contributed by atoms with Crippen LogP contribution >= 0.6 is 0 Å². The number of anilines is 2. The quantitative estimate of drug-likeness (QED) is 0.112. The standard InChI is InChI=1S/C44H47F2N9O7S/c1-3-52(2)63(60,61)51-35-10-9-34(45)40(41(35)46)42(58)33-25-49-43-32(33)22-30(24-48-43)29-6-12-37(47-23-29)54-18-20-55(21-19-54)39(57)26-53-16-14-28(15-17-53)27-4-7-31(8-5-27)62-36-11-13-38(56)50-44(36)59/h4-10,12,22-25,28,36,51H,3,11,13-21,26H2,1-2H3,(H,48,49)(H,50,56,59)/t36-/m1/s1. The lowest BCUT2D eigenvalue weighted by Crippen LogP contribution is -2.52. The van der Waals surface area contributed by atoms with E-state index in [4.69, 9.17) is 4.74 Å². The number of ether oxygens (including phenoxy) is 1. The largest absolute Gasteiger partial charge is 0.481 e. The van der Waals surface area contributed by atoms with Gasteiger partial charge in [-0.15, -0.1) is 0 Å². The lowest BCUT2D eigenvalue weighted by molar-refractivity contribution is -0.139. The monoisotopic (exact) mass is 883 g/mol. The fourth-order valence-electron chi connectivity index (χ4n) is 8.12. The molecular formula is C44H47F2N9O7S. The molecule has 2 aromatic carbocycles. The van der Waals surface area contributed by atoms with Crippen LogP contribution in [0, 0.1) is 11.6 Å². The maximum Gasteiger partial charge on any atom is 0.301 e. The van der Waals surface area contributed by atoms with E-state index in [0.29, 0.717) is 73.0 Å². The van der Waals surface area contributed by atoms with Gasteiger partial charge < -0.3 is 19.5 Å². The molecule has 0 unspecified atom stereocenters. The average molecular weight is 884 g/mol. The number of H-pyrrole nitrogens is 1. The van der Waals surface area contributed by atoms with Crippen molar-refractivity contribution in [1.29, 1.82) is 0 Å². The molecule has 3 saturated heterocycles. The third kappa shape index (κ3) is 9.40. The molecule has 1 atom stereocenters. The second-order valence-corrected chi connectivity index (χ2v) is 17.7. The van der Waals surface area contributed by atoms with Crippen molar-refractivity contribution in [3.8, 4) is 16.9 Å². The third-order valence-corrected chi connectivity index (χ3v) is 13.5. The number of likely N-dealkylation sites (tertiary alicyclic amines) is 1. The first kappa shape index (κ1) is 43.3. The van der Waals surface area contributed by atoms with Gasteiger partial charge in [0.25, 0.3) is 5.91 Å². The van der Waals surface area contributed by atoms with Crippen LogP contribution in [-0.4, -0.2) is 126 Å². The zero-order chi connectivity index (χ0) is 44.4. The van der Waals surface area contributed by atoms with Gasteiger partial charge in [-0.25, -0.2) is 18.7 Å². The number of aromatic amines is 1. The summed E-state index contributed by atoms with van der Waals surface area (Å²) in [5.41, 5.74) is 1.28. The van der Waals surface area contributed by atoms with Gasteiger partial charge in [0, 0.05) is 93.3 Å². The molecule has 0 bridgehead atoms. The van der Waals surface area contributed by atoms with Gasteiger partial charge in [-0.05, 0) is 79.9 Å². The van der Waals surface area contributed by atoms with Crippen LogP contribution in [0.5, 0.6) is 5.75 Å². The topological polar surface area (TPSA) is 190 Å².